The molecule has 0 spiro atoms. The minimum Gasteiger partial charge on any atom is -0.264 e. The van der Waals surface area contributed by atoms with Gasteiger partial charge in [0.25, 0.3) is 0 Å². The maximum Gasteiger partial charge on any atom is 0.394 e. The molecule has 25 heavy (non-hydrogen) atoms. The summed E-state index contributed by atoms with van der Waals surface area (Å²) < 4.78 is 31.6. The van der Waals surface area contributed by atoms with Gasteiger partial charge in [-0.1, -0.05) is 89.5 Å². The average Bonchev–Trinajstić information content (AvgIpc) is 2.54. The second-order valence-corrected chi connectivity index (χ2v) is 7.44. The van der Waals surface area contributed by atoms with Crippen LogP contribution in [0.15, 0.2) is 24.3 Å². The molecular weight excluding hydrogens is 336 g/mol. The van der Waals surface area contributed by atoms with E-state index in [-0.39, 0.29) is 0 Å². The fourth-order valence-corrected chi connectivity index (χ4v) is 2.88. The molecule has 5 heteroatoms. The van der Waals surface area contributed by atoms with Crippen molar-refractivity contribution in [2.75, 3.05) is 0 Å². The predicted octanol–water partition coefficient (Wildman–Crippen LogP) is 6.06. The van der Waals surface area contributed by atoms with Crippen molar-refractivity contribution in [3.05, 3.63) is 35.4 Å². The van der Waals surface area contributed by atoms with Gasteiger partial charge in [0.05, 0.1) is 0 Å². The summed E-state index contributed by atoms with van der Waals surface area (Å²) in [4.78, 5) is 0. The lowest BCUT2D eigenvalue weighted by molar-refractivity contribution is 0.381. The van der Waals surface area contributed by atoms with Gasteiger partial charge in [-0.3, -0.25) is 9.11 Å². The molecule has 0 fully saturated rings. The SMILES string of the molecule is CCCCCCCc1ccccc1CCCCCCC.O=S(=O)(O)O. The summed E-state index contributed by atoms with van der Waals surface area (Å²) >= 11 is 0. The van der Waals surface area contributed by atoms with E-state index in [1.165, 1.54) is 77.0 Å². The van der Waals surface area contributed by atoms with E-state index in [9.17, 15) is 0 Å². The van der Waals surface area contributed by atoms with Crippen LogP contribution in [0.4, 0.5) is 0 Å². The summed E-state index contributed by atoms with van der Waals surface area (Å²) in [6, 6.07) is 9.12. The molecule has 0 saturated carbocycles. The number of aryl methyl sites for hydroxylation is 2. The molecule has 0 atom stereocenters. The highest BCUT2D eigenvalue weighted by atomic mass is 32.3. The minimum atomic E-state index is -4.67. The van der Waals surface area contributed by atoms with Crippen LogP contribution in [0.5, 0.6) is 0 Å². The van der Waals surface area contributed by atoms with Crippen molar-refractivity contribution < 1.29 is 17.5 Å². The smallest absolute Gasteiger partial charge is 0.264 e. The minimum absolute atomic E-state index is 1.29. The van der Waals surface area contributed by atoms with Gasteiger partial charge in [-0.05, 0) is 36.8 Å². The monoisotopic (exact) mass is 372 g/mol. The van der Waals surface area contributed by atoms with Crippen LogP contribution in [0.3, 0.4) is 0 Å². The van der Waals surface area contributed by atoms with Crippen molar-refractivity contribution in [2.45, 2.75) is 90.9 Å². The molecule has 146 valence electrons. The molecule has 4 nitrogen and oxygen atoms in total. The Morgan fingerprint density at radius 3 is 1.32 bits per heavy atom. The zero-order valence-electron chi connectivity index (χ0n) is 15.9. The molecule has 0 bridgehead atoms. The number of hydrogen-bond acceptors (Lipinski definition) is 2. The maximum absolute atomic E-state index is 8.74. The summed E-state index contributed by atoms with van der Waals surface area (Å²) in [5.74, 6) is 0. The highest BCUT2D eigenvalue weighted by Crippen LogP contribution is 2.17. The van der Waals surface area contributed by atoms with Gasteiger partial charge in [-0.15, -0.1) is 0 Å². The van der Waals surface area contributed by atoms with Gasteiger partial charge in [0.1, 0.15) is 0 Å². The Labute approximate surface area is 154 Å². The van der Waals surface area contributed by atoms with Crippen LogP contribution in [0.2, 0.25) is 0 Å². The summed E-state index contributed by atoms with van der Waals surface area (Å²) in [5, 5.41) is 0. The van der Waals surface area contributed by atoms with E-state index in [2.05, 4.69) is 38.1 Å². The molecule has 0 amide bonds. The van der Waals surface area contributed by atoms with Gasteiger partial charge in [0, 0.05) is 0 Å². The Morgan fingerprint density at radius 2 is 1.00 bits per heavy atom. The molecule has 1 rings (SSSR count). The van der Waals surface area contributed by atoms with Crippen molar-refractivity contribution in [1.29, 1.82) is 0 Å². The molecule has 0 aliphatic rings. The fraction of sp³-hybridized carbons (Fsp3) is 0.700. The van der Waals surface area contributed by atoms with Gasteiger partial charge >= 0.3 is 10.4 Å². The largest absolute Gasteiger partial charge is 0.394 e. The quantitative estimate of drug-likeness (QED) is 0.345. The van der Waals surface area contributed by atoms with Crippen molar-refractivity contribution in [3.63, 3.8) is 0 Å². The highest BCUT2D eigenvalue weighted by Gasteiger charge is 2.02. The Balaban J connectivity index is 0.00000101. The molecule has 0 aromatic heterocycles. The fourth-order valence-electron chi connectivity index (χ4n) is 2.88. The number of hydrogen-bond donors (Lipinski definition) is 2. The van der Waals surface area contributed by atoms with E-state index in [0.717, 1.165) is 0 Å². The molecular formula is C20H36O4S. The molecule has 0 unspecified atom stereocenters. The van der Waals surface area contributed by atoms with Crippen LogP contribution in [0.25, 0.3) is 0 Å². The molecule has 0 heterocycles. The first-order valence-corrected chi connectivity index (χ1v) is 11.0. The Morgan fingerprint density at radius 1 is 0.680 bits per heavy atom. The van der Waals surface area contributed by atoms with Crippen molar-refractivity contribution in [2.24, 2.45) is 0 Å². The molecule has 0 aliphatic carbocycles. The van der Waals surface area contributed by atoms with Crippen LogP contribution in [-0.4, -0.2) is 17.5 Å². The van der Waals surface area contributed by atoms with Crippen LogP contribution in [0, 0.1) is 0 Å². The predicted molar refractivity (Wildman–Crippen MR) is 106 cm³/mol. The van der Waals surface area contributed by atoms with E-state index in [1.807, 2.05) is 0 Å². The van der Waals surface area contributed by atoms with Crippen molar-refractivity contribution in [3.8, 4) is 0 Å². The zero-order valence-corrected chi connectivity index (χ0v) is 16.7. The third kappa shape index (κ3) is 17.7. The Hall–Kier alpha value is -0.910. The van der Waals surface area contributed by atoms with Crippen LogP contribution in [0.1, 0.15) is 89.2 Å². The van der Waals surface area contributed by atoms with E-state index < -0.39 is 10.4 Å². The number of unbranched alkanes of at least 4 members (excludes halogenated alkanes) is 8. The van der Waals surface area contributed by atoms with E-state index >= 15 is 0 Å². The van der Waals surface area contributed by atoms with Crippen LogP contribution >= 0.6 is 0 Å². The van der Waals surface area contributed by atoms with Gasteiger partial charge < -0.3 is 0 Å². The zero-order chi connectivity index (χ0) is 19.0. The third-order valence-corrected chi connectivity index (χ3v) is 4.22. The van der Waals surface area contributed by atoms with Crippen molar-refractivity contribution in [1.82, 2.24) is 0 Å². The van der Waals surface area contributed by atoms with Crippen LogP contribution in [-0.2, 0) is 23.2 Å². The van der Waals surface area contributed by atoms with Gasteiger partial charge in [-0.25, -0.2) is 0 Å². The summed E-state index contributed by atoms with van der Waals surface area (Å²) in [7, 11) is -4.67. The molecule has 0 radical (unpaired) electrons. The van der Waals surface area contributed by atoms with E-state index in [4.69, 9.17) is 17.5 Å². The molecule has 1 aromatic carbocycles. The molecule has 0 aliphatic heterocycles. The van der Waals surface area contributed by atoms with E-state index in [1.54, 1.807) is 11.1 Å². The lowest BCUT2D eigenvalue weighted by atomic mass is 9.96. The first-order valence-electron chi connectivity index (χ1n) is 9.65. The van der Waals surface area contributed by atoms with Gasteiger partial charge in [0.2, 0.25) is 0 Å². The lowest BCUT2D eigenvalue weighted by Crippen LogP contribution is -1.95. The maximum atomic E-state index is 8.74. The normalized spacial score (nSPS) is 11.0. The summed E-state index contributed by atoms with van der Waals surface area (Å²) in [6.07, 6.45) is 16.4. The first kappa shape index (κ1) is 24.1. The van der Waals surface area contributed by atoms with Gasteiger partial charge in [-0.2, -0.15) is 8.42 Å². The third-order valence-electron chi connectivity index (χ3n) is 4.22. The topological polar surface area (TPSA) is 74.6 Å². The number of benzene rings is 1. The van der Waals surface area contributed by atoms with Crippen molar-refractivity contribution >= 4 is 10.4 Å². The average molecular weight is 373 g/mol. The number of rotatable bonds is 12. The second-order valence-electron chi connectivity index (χ2n) is 6.54. The standard InChI is InChI=1S/C20H34.H2O4S/c1-3-5-7-9-11-15-19-17-13-14-18-20(19)16-12-10-8-6-4-2;1-5(2,3)4/h13-14,17-18H,3-12,15-16H2,1-2H3;(H2,1,2,3,4). The van der Waals surface area contributed by atoms with Crippen LogP contribution < -0.4 is 0 Å². The van der Waals surface area contributed by atoms with Gasteiger partial charge in [0.15, 0.2) is 0 Å². The van der Waals surface area contributed by atoms with E-state index in [0.29, 0.717) is 0 Å². The molecule has 1 aromatic rings. The summed E-state index contributed by atoms with van der Waals surface area (Å²) in [5.41, 5.74) is 3.22. The summed E-state index contributed by atoms with van der Waals surface area (Å²) in [6.45, 7) is 4.57. The molecule has 0 saturated heterocycles. The molecule has 2 N–H and O–H groups in total. The Bertz CT molecular complexity index is 485. The lowest BCUT2D eigenvalue weighted by Gasteiger charge is -2.09. The second kappa shape index (κ2) is 15.4. The first-order chi connectivity index (χ1) is 11.9. The Kier molecular flexibility index (Phi) is 14.8. The highest BCUT2D eigenvalue weighted by molar-refractivity contribution is 7.79.